The summed E-state index contributed by atoms with van der Waals surface area (Å²) in [6.07, 6.45) is 3.76. The van der Waals surface area contributed by atoms with Crippen LogP contribution >= 0.6 is 0 Å². The van der Waals surface area contributed by atoms with E-state index in [1.54, 1.807) is 0 Å². The minimum absolute atomic E-state index is 0.150. The number of rotatable bonds is 6. The quantitative estimate of drug-likeness (QED) is 0.126. The first-order valence-electron chi connectivity index (χ1n) is 20.4. The van der Waals surface area contributed by atoms with Gasteiger partial charge < -0.3 is 18.8 Å². The number of ketones is 2. The highest BCUT2D eigenvalue weighted by Gasteiger charge is 2.28. The monoisotopic (exact) mass is 784 g/mol. The van der Waals surface area contributed by atoms with Crippen molar-refractivity contribution >= 4 is 39.8 Å². The van der Waals surface area contributed by atoms with Gasteiger partial charge in [0.25, 0.3) is 0 Å². The van der Waals surface area contributed by atoms with Crippen molar-refractivity contribution < 1.29 is 28.6 Å². The molecular formula is C50H60N2O6. The van der Waals surface area contributed by atoms with Gasteiger partial charge in [0.15, 0.2) is 11.5 Å². The predicted molar refractivity (Wildman–Crippen MR) is 234 cm³/mol. The fraction of sp³-hybridized carbons (Fsp3) is 0.400. The number of aromatic nitrogens is 1. The molecule has 0 radical (unpaired) electrons. The van der Waals surface area contributed by atoms with Gasteiger partial charge >= 0.3 is 5.97 Å². The van der Waals surface area contributed by atoms with Gasteiger partial charge in [-0.15, -0.1) is 0 Å². The molecule has 0 unspecified atom stereocenters. The molecule has 0 amide bonds. The van der Waals surface area contributed by atoms with E-state index in [9.17, 15) is 14.4 Å². The standard InChI is InChI=1S/C18H25NO2.C12H12O2.C10H11N.C10H12O2/c1-13(2)14-6-7-16-15(12-14)8-10-19(16)11-9-17(20)21-18(3,4)5;1-7(2)8-3-4-9-6-11(13)12(14)10(9)5-8;1-7-3-4-9-6-8(2)11-10(9)5-7;1-7(2)8-3-4-9-10(5-8)12-6-11-9/h6-8,10,12-13H,9,11H2,1-5H3;3-5,7H,6H2,1-2H3;3-5H,6H2,1-2H3;3-5,7H,6H2,1-2H3. The highest BCUT2D eigenvalue weighted by atomic mass is 16.7. The molecule has 0 spiro atoms. The van der Waals surface area contributed by atoms with Gasteiger partial charge in [0, 0.05) is 42.4 Å². The van der Waals surface area contributed by atoms with Crippen molar-refractivity contribution in [1.82, 2.24) is 4.57 Å². The van der Waals surface area contributed by atoms with E-state index in [-0.39, 0.29) is 24.0 Å². The molecular weight excluding hydrogens is 725 g/mol. The molecule has 8 heteroatoms. The van der Waals surface area contributed by atoms with Crippen LogP contribution in [0.25, 0.3) is 10.9 Å². The molecule has 0 atom stereocenters. The molecule has 1 aromatic heterocycles. The molecule has 2 aliphatic heterocycles. The first-order valence-corrected chi connectivity index (χ1v) is 20.4. The maximum Gasteiger partial charge on any atom is 0.308 e. The van der Waals surface area contributed by atoms with E-state index < -0.39 is 5.60 Å². The van der Waals surface area contributed by atoms with E-state index in [0.717, 1.165) is 29.0 Å². The van der Waals surface area contributed by atoms with Crippen molar-refractivity contribution in [2.75, 3.05) is 6.79 Å². The highest BCUT2D eigenvalue weighted by molar-refractivity contribution is 6.47. The number of fused-ring (bicyclic) bond motifs is 4. The van der Waals surface area contributed by atoms with Crippen molar-refractivity contribution in [3.05, 3.63) is 124 Å². The summed E-state index contributed by atoms with van der Waals surface area (Å²) in [5.74, 6) is 2.45. The Morgan fingerprint density at radius 2 is 1.36 bits per heavy atom. The van der Waals surface area contributed by atoms with Crippen LogP contribution in [0.5, 0.6) is 11.5 Å². The normalized spacial score (nSPS) is 13.7. The van der Waals surface area contributed by atoms with Gasteiger partial charge in [0.05, 0.1) is 12.1 Å². The molecule has 4 aromatic carbocycles. The van der Waals surface area contributed by atoms with Crippen molar-refractivity contribution in [1.29, 1.82) is 0 Å². The van der Waals surface area contributed by atoms with Gasteiger partial charge in [0.2, 0.25) is 18.4 Å². The van der Waals surface area contributed by atoms with E-state index in [1.165, 1.54) is 44.6 Å². The average molecular weight is 785 g/mol. The smallest absolute Gasteiger partial charge is 0.308 e. The fourth-order valence-corrected chi connectivity index (χ4v) is 6.82. The summed E-state index contributed by atoms with van der Waals surface area (Å²) in [4.78, 5) is 38.8. The molecule has 5 aromatic rings. The van der Waals surface area contributed by atoms with Crippen LogP contribution in [0.4, 0.5) is 5.69 Å². The molecule has 3 heterocycles. The summed E-state index contributed by atoms with van der Waals surface area (Å²) in [6, 6.07) is 26.9. The number of esters is 1. The molecule has 0 saturated carbocycles. The highest BCUT2D eigenvalue weighted by Crippen LogP contribution is 2.34. The SMILES string of the molecule is CC(C)c1ccc2c(c1)C(=O)C(=O)C2.CC(C)c1ccc2c(c1)OCO2.CC(C)c1ccc2c(ccn2CCC(=O)OC(C)(C)C)c1.CC1=Nc2cc(C)ccc2C1. The minimum Gasteiger partial charge on any atom is -0.460 e. The number of aryl methyl sites for hydroxylation is 2. The topological polar surface area (TPSA) is 96.2 Å². The van der Waals surface area contributed by atoms with Gasteiger partial charge in [0.1, 0.15) is 5.60 Å². The lowest BCUT2D eigenvalue weighted by Gasteiger charge is -2.19. The minimum atomic E-state index is -0.415. The number of hydrogen-bond acceptors (Lipinski definition) is 7. The van der Waals surface area contributed by atoms with Crippen LogP contribution in [0, 0.1) is 6.92 Å². The van der Waals surface area contributed by atoms with Gasteiger partial charge in [-0.25, -0.2) is 0 Å². The zero-order chi connectivity index (χ0) is 42.3. The Morgan fingerprint density at radius 3 is 2.05 bits per heavy atom. The molecule has 3 aliphatic rings. The summed E-state index contributed by atoms with van der Waals surface area (Å²) < 4.78 is 17.9. The third-order valence-electron chi connectivity index (χ3n) is 10.1. The second-order valence-corrected chi connectivity index (χ2v) is 17.2. The number of Topliss-reactive ketones (excluding diaryl/α,β-unsaturated/α-hetero) is 2. The number of aliphatic imine (C=N–C) groups is 1. The average Bonchev–Trinajstić information content (AvgIpc) is 3.95. The number of hydrogen-bond donors (Lipinski definition) is 0. The Morgan fingerprint density at radius 1 is 0.741 bits per heavy atom. The molecule has 8 nitrogen and oxygen atoms in total. The van der Waals surface area contributed by atoms with Gasteiger partial charge in [-0.05, 0) is 134 Å². The molecule has 0 bridgehead atoms. The van der Waals surface area contributed by atoms with E-state index in [0.29, 0.717) is 43.1 Å². The van der Waals surface area contributed by atoms with E-state index in [4.69, 9.17) is 14.2 Å². The van der Waals surface area contributed by atoms with Crippen molar-refractivity contribution in [2.24, 2.45) is 4.99 Å². The lowest BCUT2D eigenvalue weighted by Crippen LogP contribution is -2.24. The van der Waals surface area contributed by atoms with Gasteiger partial charge in [-0.3, -0.25) is 19.4 Å². The van der Waals surface area contributed by atoms with Crippen LogP contribution in [0.1, 0.15) is 137 Å². The van der Waals surface area contributed by atoms with Crippen LogP contribution in [-0.2, 0) is 33.7 Å². The molecule has 58 heavy (non-hydrogen) atoms. The lowest BCUT2D eigenvalue weighted by molar-refractivity contribution is -0.155. The summed E-state index contributed by atoms with van der Waals surface area (Å²) in [5.41, 5.74) is 11.1. The second kappa shape index (κ2) is 18.8. The summed E-state index contributed by atoms with van der Waals surface area (Å²) in [6.45, 7) is 23.7. The molecule has 8 rings (SSSR count). The van der Waals surface area contributed by atoms with Crippen molar-refractivity contribution in [3.63, 3.8) is 0 Å². The first kappa shape index (κ1) is 43.6. The van der Waals surface area contributed by atoms with E-state index >= 15 is 0 Å². The number of benzene rings is 4. The Hall–Kier alpha value is -5.50. The molecule has 0 fully saturated rings. The third-order valence-corrected chi connectivity index (χ3v) is 10.1. The molecule has 0 saturated heterocycles. The Kier molecular flexibility index (Phi) is 14.2. The van der Waals surface area contributed by atoms with Gasteiger partial charge in [-0.1, -0.05) is 77.9 Å². The number of nitrogens with zero attached hydrogens (tertiary/aromatic N) is 2. The second-order valence-electron chi connectivity index (χ2n) is 17.2. The Balaban J connectivity index is 0.000000152. The van der Waals surface area contributed by atoms with Gasteiger partial charge in [-0.2, -0.15) is 0 Å². The predicted octanol–water partition coefficient (Wildman–Crippen LogP) is 11.8. The van der Waals surface area contributed by atoms with Crippen LogP contribution < -0.4 is 9.47 Å². The zero-order valence-electron chi connectivity index (χ0n) is 36.2. The lowest BCUT2D eigenvalue weighted by atomic mass is 9.98. The van der Waals surface area contributed by atoms with Crippen LogP contribution in [0.3, 0.4) is 0 Å². The Bertz CT molecular complexity index is 2300. The summed E-state index contributed by atoms with van der Waals surface area (Å²) >= 11 is 0. The van der Waals surface area contributed by atoms with Crippen LogP contribution in [-0.4, -0.2) is 40.2 Å². The zero-order valence-corrected chi connectivity index (χ0v) is 36.2. The van der Waals surface area contributed by atoms with Crippen LogP contribution in [0.2, 0.25) is 0 Å². The number of ether oxygens (including phenoxy) is 3. The van der Waals surface area contributed by atoms with E-state index in [1.807, 2.05) is 57.3 Å². The maximum atomic E-state index is 11.8. The Labute approximate surface area is 344 Å². The summed E-state index contributed by atoms with van der Waals surface area (Å²) in [5, 5.41) is 1.23. The van der Waals surface area contributed by atoms with Crippen molar-refractivity contribution in [2.45, 2.75) is 125 Å². The van der Waals surface area contributed by atoms with E-state index in [2.05, 4.69) is 113 Å². The van der Waals surface area contributed by atoms with Crippen LogP contribution in [0.15, 0.2) is 90.1 Å². The maximum absolute atomic E-state index is 11.8. The third kappa shape index (κ3) is 11.6. The molecule has 306 valence electrons. The van der Waals surface area contributed by atoms with Crippen molar-refractivity contribution in [3.8, 4) is 11.5 Å². The summed E-state index contributed by atoms with van der Waals surface area (Å²) in [7, 11) is 0. The fourth-order valence-electron chi connectivity index (χ4n) is 6.82. The number of carbonyl (C=O) groups is 3. The molecule has 1 aliphatic carbocycles. The first-order chi connectivity index (χ1) is 27.4. The largest absolute Gasteiger partial charge is 0.460 e. The molecule has 0 N–H and O–H groups in total. The number of carbonyl (C=O) groups excluding carboxylic acids is 3.